The van der Waals surface area contributed by atoms with Gasteiger partial charge in [0.05, 0.1) is 0 Å². The van der Waals surface area contributed by atoms with Crippen LogP contribution in [0.3, 0.4) is 0 Å². The molecule has 2 aromatic rings. The molecular formula is C9H7N3O3. The molecule has 0 saturated carbocycles. The maximum absolute atomic E-state index is 11.5. The fourth-order valence-electron chi connectivity index (χ4n) is 1.05. The van der Waals surface area contributed by atoms with Gasteiger partial charge in [-0.1, -0.05) is 5.16 Å². The minimum atomic E-state index is -0.522. The Morgan fingerprint density at radius 2 is 2.33 bits per heavy atom. The fraction of sp³-hybridized carbons (Fsp3) is 0. The first-order chi connectivity index (χ1) is 7.27. The van der Waals surface area contributed by atoms with Crippen LogP contribution in [-0.4, -0.2) is 16.0 Å². The summed E-state index contributed by atoms with van der Waals surface area (Å²) in [6.07, 6.45) is 4.11. The van der Waals surface area contributed by atoms with Crippen molar-refractivity contribution in [3.05, 3.63) is 46.6 Å². The van der Waals surface area contributed by atoms with Crippen molar-refractivity contribution in [2.24, 2.45) is 0 Å². The lowest BCUT2D eigenvalue weighted by molar-refractivity contribution is 0.102. The number of anilines is 1. The van der Waals surface area contributed by atoms with E-state index in [1.54, 1.807) is 0 Å². The van der Waals surface area contributed by atoms with Crippen molar-refractivity contribution in [2.45, 2.75) is 0 Å². The van der Waals surface area contributed by atoms with Gasteiger partial charge in [-0.25, -0.2) is 0 Å². The first kappa shape index (κ1) is 9.20. The van der Waals surface area contributed by atoms with Crippen molar-refractivity contribution < 1.29 is 9.32 Å². The van der Waals surface area contributed by atoms with Crippen LogP contribution in [0.15, 0.2) is 40.1 Å². The van der Waals surface area contributed by atoms with Crippen LogP contribution in [0.1, 0.15) is 10.4 Å². The number of nitrogens with one attached hydrogen (secondary N) is 2. The lowest BCUT2D eigenvalue weighted by Crippen LogP contribution is -2.20. The van der Waals surface area contributed by atoms with Gasteiger partial charge in [0.15, 0.2) is 11.2 Å². The molecule has 0 bridgehead atoms. The smallest absolute Gasteiger partial charge is 0.262 e. The zero-order valence-electron chi connectivity index (χ0n) is 7.56. The second-order valence-electron chi connectivity index (χ2n) is 2.76. The summed E-state index contributed by atoms with van der Waals surface area (Å²) >= 11 is 0. The van der Waals surface area contributed by atoms with Crippen LogP contribution in [0.5, 0.6) is 0 Å². The Morgan fingerprint density at radius 1 is 1.47 bits per heavy atom. The molecule has 0 aliphatic carbocycles. The highest BCUT2D eigenvalue weighted by molar-refractivity contribution is 6.03. The molecule has 6 nitrogen and oxygen atoms in total. The number of rotatable bonds is 2. The van der Waals surface area contributed by atoms with Crippen LogP contribution in [0.25, 0.3) is 0 Å². The molecule has 2 heterocycles. The Morgan fingerprint density at radius 3 is 3.00 bits per heavy atom. The SMILES string of the molecule is O=C(Nc1ccon1)c1c[nH]ccc1=O. The predicted molar refractivity (Wildman–Crippen MR) is 51.5 cm³/mol. The molecule has 0 saturated heterocycles. The van der Waals surface area contributed by atoms with E-state index in [4.69, 9.17) is 0 Å². The molecule has 2 N–H and O–H groups in total. The highest BCUT2D eigenvalue weighted by Gasteiger charge is 2.10. The zero-order valence-corrected chi connectivity index (χ0v) is 7.56. The number of nitrogens with zero attached hydrogens (tertiary/aromatic N) is 1. The normalized spacial score (nSPS) is 9.87. The van der Waals surface area contributed by atoms with Crippen LogP contribution in [0.4, 0.5) is 5.82 Å². The summed E-state index contributed by atoms with van der Waals surface area (Å²) in [5.74, 6) is -0.256. The molecule has 15 heavy (non-hydrogen) atoms. The Balaban J connectivity index is 2.23. The van der Waals surface area contributed by atoms with E-state index in [2.05, 4.69) is 20.0 Å². The van der Waals surface area contributed by atoms with Crippen molar-refractivity contribution >= 4 is 11.7 Å². The van der Waals surface area contributed by atoms with Gasteiger partial charge in [-0.3, -0.25) is 9.59 Å². The molecule has 0 radical (unpaired) electrons. The molecule has 6 heteroatoms. The van der Waals surface area contributed by atoms with E-state index >= 15 is 0 Å². The summed E-state index contributed by atoms with van der Waals surface area (Å²) in [5, 5.41) is 5.91. The third kappa shape index (κ3) is 1.93. The third-order valence-corrected chi connectivity index (χ3v) is 1.75. The fourth-order valence-corrected chi connectivity index (χ4v) is 1.05. The molecular weight excluding hydrogens is 198 g/mol. The van der Waals surface area contributed by atoms with Crippen molar-refractivity contribution in [3.63, 3.8) is 0 Å². The maximum atomic E-state index is 11.5. The van der Waals surface area contributed by atoms with Gasteiger partial charge in [-0.2, -0.15) is 0 Å². The molecule has 0 aliphatic rings. The number of amides is 1. The average molecular weight is 205 g/mol. The molecule has 0 atom stereocenters. The van der Waals surface area contributed by atoms with Gasteiger partial charge in [-0.05, 0) is 0 Å². The van der Waals surface area contributed by atoms with E-state index in [0.717, 1.165) is 0 Å². The van der Waals surface area contributed by atoms with Gasteiger partial charge in [-0.15, -0.1) is 0 Å². The second-order valence-corrected chi connectivity index (χ2v) is 2.76. The summed E-state index contributed by atoms with van der Waals surface area (Å²) < 4.78 is 4.53. The largest absolute Gasteiger partial charge is 0.367 e. The number of aromatic nitrogens is 2. The van der Waals surface area contributed by atoms with Gasteiger partial charge in [0.25, 0.3) is 5.91 Å². The number of pyridine rings is 1. The Bertz CT molecular complexity index is 515. The maximum Gasteiger partial charge on any atom is 0.262 e. The van der Waals surface area contributed by atoms with Crippen LogP contribution in [0, 0.1) is 0 Å². The van der Waals surface area contributed by atoms with E-state index in [9.17, 15) is 9.59 Å². The van der Waals surface area contributed by atoms with Crippen LogP contribution >= 0.6 is 0 Å². The van der Waals surface area contributed by atoms with E-state index in [1.807, 2.05) is 0 Å². The van der Waals surface area contributed by atoms with E-state index < -0.39 is 5.91 Å². The lowest BCUT2D eigenvalue weighted by Gasteiger charge is -1.98. The first-order valence-electron chi connectivity index (χ1n) is 4.16. The van der Waals surface area contributed by atoms with Gasteiger partial charge >= 0.3 is 0 Å². The number of hydrogen-bond acceptors (Lipinski definition) is 4. The first-order valence-corrected chi connectivity index (χ1v) is 4.16. The van der Waals surface area contributed by atoms with Crippen molar-refractivity contribution in [2.75, 3.05) is 5.32 Å². The van der Waals surface area contributed by atoms with Gasteiger partial charge < -0.3 is 14.8 Å². The molecule has 0 spiro atoms. The molecule has 0 aliphatic heterocycles. The zero-order chi connectivity index (χ0) is 10.7. The molecule has 0 aromatic carbocycles. The predicted octanol–water partition coefficient (Wildman–Crippen LogP) is 0.615. The number of hydrogen-bond donors (Lipinski definition) is 2. The van der Waals surface area contributed by atoms with Crippen LogP contribution in [-0.2, 0) is 0 Å². The third-order valence-electron chi connectivity index (χ3n) is 1.75. The highest BCUT2D eigenvalue weighted by Crippen LogP contribution is 2.02. The van der Waals surface area contributed by atoms with Gasteiger partial charge in [0.2, 0.25) is 0 Å². The van der Waals surface area contributed by atoms with Gasteiger partial charge in [0.1, 0.15) is 11.8 Å². The quantitative estimate of drug-likeness (QED) is 0.752. The summed E-state index contributed by atoms with van der Waals surface area (Å²) in [6.45, 7) is 0. The number of H-pyrrole nitrogens is 1. The van der Waals surface area contributed by atoms with E-state index in [1.165, 1.54) is 30.8 Å². The summed E-state index contributed by atoms with van der Waals surface area (Å²) in [5.41, 5.74) is -0.324. The van der Waals surface area contributed by atoms with Crippen molar-refractivity contribution in [1.82, 2.24) is 10.1 Å². The monoisotopic (exact) mass is 205 g/mol. The summed E-state index contributed by atoms with van der Waals surface area (Å²) in [4.78, 5) is 25.4. The van der Waals surface area contributed by atoms with Crippen molar-refractivity contribution in [1.29, 1.82) is 0 Å². The van der Waals surface area contributed by atoms with Crippen molar-refractivity contribution in [3.8, 4) is 0 Å². The van der Waals surface area contributed by atoms with Crippen LogP contribution < -0.4 is 10.7 Å². The molecule has 1 amide bonds. The molecule has 2 aromatic heterocycles. The Labute approximate surface area is 83.9 Å². The molecule has 0 fully saturated rings. The topological polar surface area (TPSA) is 88.0 Å². The molecule has 0 unspecified atom stereocenters. The molecule has 2 rings (SSSR count). The minimum Gasteiger partial charge on any atom is -0.367 e. The minimum absolute atomic E-state index is 0.0282. The second kappa shape index (κ2) is 3.79. The molecule has 76 valence electrons. The number of carbonyl (C=O) groups excluding carboxylic acids is 1. The van der Waals surface area contributed by atoms with Crippen LogP contribution in [0.2, 0.25) is 0 Å². The lowest BCUT2D eigenvalue weighted by atomic mass is 10.2. The Hall–Kier alpha value is -2.37. The number of carbonyl (C=O) groups is 1. The van der Waals surface area contributed by atoms with Gasteiger partial charge in [0, 0.05) is 24.5 Å². The number of aromatic amines is 1. The summed E-state index contributed by atoms with van der Waals surface area (Å²) in [6, 6.07) is 2.76. The summed E-state index contributed by atoms with van der Waals surface area (Å²) in [7, 11) is 0. The average Bonchev–Trinajstić information content (AvgIpc) is 2.71. The van der Waals surface area contributed by atoms with E-state index in [0.29, 0.717) is 0 Å². The highest BCUT2D eigenvalue weighted by atomic mass is 16.5. The standard InChI is InChI=1S/C9H7N3O3/c13-7-1-3-10-5-6(7)9(14)11-8-2-4-15-12-8/h1-5H,(H,10,13)(H,11,12,14). The Kier molecular flexibility index (Phi) is 2.32. The van der Waals surface area contributed by atoms with E-state index in [-0.39, 0.29) is 16.8 Å².